The minimum absolute atomic E-state index is 0.323. The molecule has 154 valence electrons. The van der Waals surface area contributed by atoms with Crippen LogP contribution in [0.4, 0.5) is 10.5 Å². The average molecular weight is 397 g/mol. The van der Waals surface area contributed by atoms with E-state index >= 15 is 0 Å². The minimum Gasteiger partial charge on any atom is -0.487 e. The van der Waals surface area contributed by atoms with Crippen LogP contribution in [0.3, 0.4) is 0 Å². The number of carbonyl (C=O) groups excluding carboxylic acids is 1. The van der Waals surface area contributed by atoms with E-state index in [9.17, 15) is 10.0 Å². The third-order valence-electron chi connectivity index (χ3n) is 4.39. The van der Waals surface area contributed by atoms with Crippen LogP contribution >= 0.6 is 0 Å². The van der Waals surface area contributed by atoms with Crippen molar-refractivity contribution < 1.29 is 19.5 Å². The van der Waals surface area contributed by atoms with Crippen LogP contribution in [-0.2, 0) is 11.3 Å². The van der Waals surface area contributed by atoms with Gasteiger partial charge in [-0.2, -0.15) is 0 Å². The van der Waals surface area contributed by atoms with Crippen molar-refractivity contribution in [1.29, 1.82) is 0 Å². The first kappa shape index (κ1) is 20.7. The van der Waals surface area contributed by atoms with Crippen molar-refractivity contribution in [2.24, 2.45) is 0 Å². The largest absolute Gasteiger partial charge is 0.487 e. The van der Waals surface area contributed by atoms with Crippen LogP contribution in [0.2, 0.25) is 0 Å². The number of hydrogen-bond acceptors (Lipinski definition) is 6. The first-order chi connectivity index (χ1) is 13.7. The van der Waals surface area contributed by atoms with Gasteiger partial charge < -0.3 is 9.47 Å². The second-order valence-corrected chi connectivity index (χ2v) is 7.75. The smallest absolute Gasteiger partial charge is 0.419 e. The van der Waals surface area contributed by atoms with Crippen LogP contribution in [0.15, 0.2) is 42.6 Å². The molecule has 29 heavy (non-hydrogen) atoms. The lowest BCUT2D eigenvalue weighted by Gasteiger charge is -2.21. The lowest BCUT2D eigenvalue weighted by molar-refractivity contribution is 0.0541. The molecule has 2 aromatic heterocycles. The van der Waals surface area contributed by atoms with Gasteiger partial charge in [-0.15, -0.1) is 0 Å². The molecule has 0 aliphatic heterocycles. The highest BCUT2D eigenvalue weighted by molar-refractivity contribution is 6.01. The summed E-state index contributed by atoms with van der Waals surface area (Å²) in [6.07, 6.45) is 1.23. The maximum absolute atomic E-state index is 12.8. The molecule has 0 unspecified atom stereocenters. The summed E-state index contributed by atoms with van der Waals surface area (Å²) in [7, 11) is 0. The molecule has 7 heteroatoms. The van der Waals surface area contributed by atoms with Crippen LogP contribution in [-0.4, -0.2) is 33.0 Å². The summed E-state index contributed by atoms with van der Waals surface area (Å²) >= 11 is 0. The number of rotatable bonds is 5. The van der Waals surface area contributed by atoms with Gasteiger partial charge >= 0.3 is 6.09 Å². The van der Waals surface area contributed by atoms with Gasteiger partial charge in [0.1, 0.15) is 18.0 Å². The van der Waals surface area contributed by atoms with E-state index in [0.717, 1.165) is 10.8 Å². The molecule has 0 bridgehead atoms. The quantitative estimate of drug-likeness (QED) is 0.616. The van der Waals surface area contributed by atoms with E-state index in [1.807, 2.05) is 52.0 Å². The van der Waals surface area contributed by atoms with Crippen molar-refractivity contribution in [2.45, 2.75) is 46.8 Å². The van der Waals surface area contributed by atoms with Crippen molar-refractivity contribution in [3.63, 3.8) is 0 Å². The molecule has 0 spiro atoms. The number of hydrogen-bond donors (Lipinski definition) is 1. The molecular formula is C22H27N3O4. The fourth-order valence-corrected chi connectivity index (χ4v) is 3.14. The van der Waals surface area contributed by atoms with Crippen molar-refractivity contribution >= 4 is 22.7 Å². The number of carbonyl (C=O) groups is 1. The van der Waals surface area contributed by atoms with Crippen molar-refractivity contribution in [1.82, 2.24) is 9.55 Å². The van der Waals surface area contributed by atoms with Crippen LogP contribution in [0.5, 0.6) is 5.75 Å². The van der Waals surface area contributed by atoms with Crippen molar-refractivity contribution in [2.75, 3.05) is 11.6 Å². The van der Waals surface area contributed by atoms with Gasteiger partial charge in [-0.05, 0) is 65.0 Å². The number of benzene rings is 1. The number of ether oxygens (including phenoxy) is 2. The summed E-state index contributed by atoms with van der Waals surface area (Å²) in [6.45, 7) is 9.77. The van der Waals surface area contributed by atoms with Gasteiger partial charge in [0.25, 0.3) is 0 Å². The van der Waals surface area contributed by atoms with Crippen LogP contribution in [0.25, 0.3) is 10.9 Å². The summed E-state index contributed by atoms with van der Waals surface area (Å²) < 4.78 is 12.9. The SMILES string of the molecule is CCN(O)c1c(C)n(C(=O)OC(C)(C)C)c2ccc(OCc3ccccn3)cc12. The summed E-state index contributed by atoms with van der Waals surface area (Å²) in [6, 6.07) is 11.1. The van der Waals surface area contributed by atoms with Gasteiger partial charge in [0.05, 0.1) is 22.6 Å². The molecule has 0 saturated carbocycles. The standard InChI is InChI=1S/C22H27N3O4/c1-6-24(27)20-15(2)25(21(26)29-22(3,4)5)19-11-10-17(13-18(19)20)28-14-16-9-7-8-12-23-16/h7-13,27H,6,14H2,1-5H3. The fourth-order valence-electron chi connectivity index (χ4n) is 3.14. The third-order valence-corrected chi connectivity index (χ3v) is 4.39. The number of nitrogens with zero attached hydrogens (tertiary/aromatic N) is 3. The molecule has 3 rings (SSSR count). The summed E-state index contributed by atoms with van der Waals surface area (Å²) in [5.74, 6) is 0.621. The number of anilines is 1. The number of fused-ring (bicyclic) bond motifs is 1. The Bertz CT molecular complexity index is 1010. The molecule has 0 aliphatic carbocycles. The van der Waals surface area contributed by atoms with Crippen LogP contribution in [0.1, 0.15) is 39.1 Å². The van der Waals surface area contributed by atoms with Gasteiger partial charge in [-0.3, -0.25) is 15.3 Å². The monoisotopic (exact) mass is 397 g/mol. The molecule has 0 radical (unpaired) electrons. The average Bonchev–Trinajstić information content (AvgIpc) is 2.96. The Morgan fingerprint density at radius 3 is 2.62 bits per heavy atom. The van der Waals surface area contributed by atoms with Crippen molar-refractivity contribution in [3.05, 3.63) is 54.0 Å². The molecule has 0 atom stereocenters. The highest BCUT2D eigenvalue weighted by Gasteiger charge is 2.25. The number of aromatic nitrogens is 2. The zero-order chi connectivity index (χ0) is 21.2. The van der Waals surface area contributed by atoms with Gasteiger partial charge in [0, 0.05) is 18.1 Å². The van der Waals surface area contributed by atoms with E-state index in [4.69, 9.17) is 9.47 Å². The van der Waals surface area contributed by atoms with Crippen LogP contribution in [0, 0.1) is 6.92 Å². The Hall–Kier alpha value is -3.06. The Morgan fingerprint density at radius 1 is 1.24 bits per heavy atom. The zero-order valence-corrected chi connectivity index (χ0v) is 17.5. The van der Waals surface area contributed by atoms with E-state index in [1.54, 1.807) is 25.3 Å². The first-order valence-electron chi connectivity index (χ1n) is 9.59. The van der Waals surface area contributed by atoms with Gasteiger partial charge in [0.2, 0.25) is 0 Å². The first-order valence-corrected chi connectivity index (χ1v) is 9.59. The number of hydroxylamine groups is 1. The fraction of sp³-hybridized carbons (Fsp3) is 0.364. The maximum atomic E-state index is 12.8. The predicted molar refractivity (Wildman–Crippen MR) is 112 cm³/mol. The molecule has 1 aromatic carbocycles. The molecule has 7 nitrogen and oxygen atoms in total. The van der Waals surface area contributed by atoms with Gasteiger partial charge in [-0.25, -0.2) is 9.36 Å². The lowest BCUT2D eigenvalue weighted by Crippen LogP contribution is -2.28. The Balaban J connectivity index is 2.02. The normalized spacial score (nSPS) is 11.5. The summed E-state index contributed by atoms with van der Waals surface area (Å²) in [5.41, 5.74) is 1.98. The van der Waals surface area contributed by atoms with Gasteiger partial charge in [-0.1, -0.05) is 6.07 Å². The second-order valence-electron chi connectivity index (χ2n) is 7.75. The van der Waals surface area contributed by atoms with E-state index in [2.05, 4.69) is 4.98 Å². The maximum Gasteiger partial charge on any atom is 0.419 e. The third kappa shape index (κ3) is 4.51. The predicted octanol–water partition coefficient (Wildman–Crippen LogP) is 4.92. The molecular weight excluding hydrogens is 370 g/mol. The van der Waals surface area contributed by atoms with E-state index < -0.39 is 11.7 Å². The van der Waals surface area contributed by atoms with Crippen LogP contribution < -0.4 is 9.80 Å². The van der Waals surface area contributed by atoms with E-state index in [0.29, 0.717) is 41.2 Å². The Kier molecular flexibility index (Phi) is 5.79. The highest BCUT2D eigenvalue weighted by atomic mass is 16.6. The van der Waals surface area contributed by atoms with Gasteiger partial charge in [0.15, 0.2) is 0 Å². The summed E-state index contributed by atoms with van der Waals surface area (Å²) in [5, 5.41) is 12.3. The Labute approximate surface area is 170 Å². The second kappa shape index (κ2) is 8.13. The molecule has 2 heterocycles. The van der Waals surface area contributed by atoms with E-state index in [-0.39, 0.29) is 0 Å². The lowest BCUT2D eigenvalue weighted by atomic mass is 10.2. The molecule has 0 fully saturated rings. The summed E-state index contributed by atoms with van der Waals surface area (Å²) in [4.78, 5) is 17.1. The van der Waals surface area contributed by atoms with E-state index in [1.165, 1.54) is 4.57 Å². The molecule has 0 amide bonds. The molecule has 0 aliphatic rings. The highest BCUT2D eigenvalue weighted by Crippen LogP contribution is 2.36. The topological polar surface area (TPSA) is 76.8 Å². The Morgan fingerprint density at radius 2 is 2.00 bits per heavy atom. The van der Waals surface area contributed by atoms with Crippen molar-refractivity contribution in [3.8, 4) is 5.75 Å². The number of pyridine rings is 1. The molecule has 0 saturated heterocycles. The zero-order valence-electron chi connectivity index (χ0n) is 17.5. The molecule has 1 N–H and O–H groups in total. The molecule has 3 aromatic rings. The minimum atomic E-state index is -0.629.